The van der Waals surface area contributed by atoms with Crippen molar-refractivity contribution in [3.8, 4) is 0 Å². The summed E-state index contributed by atoms with van der Waals surface area (Å²) in [6, 6.07) is 6.11. The summed E-state index contributed by atoms with van der Waals surface area (Å²) in [5.41, 5.74) is 7.78. The van der Waals surface area contributed by atoms with E-state index in [0.29, 0.717) is 19.3 Å². The summed E-state index contributed by atoms with van der Waals surface area (Å²) in [5.74, 6) is -1.31. The molecule has 178 valence electrons. The summed E-state index contributed by atoms with van der Waals surface area (Å²) >= 11 is 0. The second-order valence-electron chi connectivity index (χ2n) is 8.71. The predicted octanol–water partition coefficient (Wildman–Crippen LogP) is 4.44. The smallest absolute Gasteiger partial charge is 0.382 e. The molecule has 4 rings (SSSR count). The van der Waals surface area contributed by atoms with Gasteiger partial charge in [-0.15, -0.1) is 0 Å². The molecule has 1 heterocycles. The molecular formula is C24H27F4N3O2. The van der Waals surface area contributed by atoms with Gasteiger partial charge in [-0.2, -0.15) is 13.2 Å². The minimum Gasteiger partial charge on any atom is -0.382 e. The average Bonchev–Trinajstić information content (AvgIpc) is 3.38. The van der Waals surface area contributed by atoms with Crippen molar-refractivity contribution in [1.82, 2.24) is 10.3 Å². The number of halogens is 4. The molecule has 1 amide bonds. The van der Waals surface area contributed by atoms with Gasteiger partial charge in [0.2, 0.25) is 5.91 Å². The number of carbonyl (C=O) groups excluding carboxylic acids is 1. The van der Waals surface area contributed by atoms with Crippen LogP contribution in [-0.4, -0.2) is 41.3 Å². The lowest BCUT2D eigenvalue weighted by molar-refractivity contribution is -0.208. The first-order valence-electron chi connectivity index (χ1n) is 11.1. The summed E-state index contributed by atoms with van der Waals surface area (Å²) in [5, 5.41) is 11.4. The second kappa shape index (κ2) is 8.85. The molecule has 9 heteroatoms. The topological polar surface area (TPSA) is 55.8 Å². The van der Waals surface area contributed by atoms with Crippen LogP contribution in [0.1, 0.15) is 33.1 Å². The van der Waals surface area contributed by atoms with E-state index in [1.54, 1.807) is 19.1 Å². The highest BCUT2D eigenvalue weighted by Crippen LogP contribution is 2.48. The van der Waals surface area contributed by atoms with E-state index in [0.717, 1.165) is 33.0 Å². The normalized spacial score (nSPS) is 22.9. The lowest BCUT2D eigenvalue weighted by Crippen LogP contribution is -2.46. The Kier molecular flexibility index (Phi) is 6.26. The summed E-state index contributed by atoms with van der Waals surface area (Å²) in [6.45, 7) is 3.18. The van der Waals surface area contributed by atoms with E-state index in [-0.39, 0.29) is 24.2 Å². The van der Waals surface area contributed by atoms with Crippen LogP contribution in [0.2, 0.25) is 0 Å². The van der Waals surface area contributed by atoms with Crippen LogP contribution < -0.4 is 10.4 Å². The number of rotatable bonds is 6. The van der Waals surface area contributed by atoms with Crippen LogP contribution in [0.3, 0.4) is 0 Å². The Hall–Kier alpha value is -2.81. The Bertz CT molecular complexity index is 1010. The van der Waals surface area contributed by atoms with Gasteiger partial charge in [-0.1, -0.05) is 13.8 Å². The highest BCUT2D eigenvalue weighted by atomic mass is 19.4. The highest BCUT2D eigenvalue weighted by molar-refractivity contribution is 5.84. The van der Waals surface area contributed by atoms with Gasteiger partial charge in [-0.05, 0) is 60.8 Å². The van der Waals surface area contributed by atoms with Crippen molar-refractivity contribution < 1.29 is 27.5 Å². The van der Waals surface area contributed by atoms with Crippen LogP contribution in [0.5, 0.6) is 0 Å². The number of nitrogens with one attached hydrogen (secondary N) is 1. The Morgan fingerprint density at radius 1 is 1.30 bits per heavy atom. The van der Waals surface area contributed by atoms with E-state index in [2.05, 4.69) is 5.43 Å². The van der Waals surface area contributed by atoms with Crippen molar-refractivity contribution in [3.63, 3.8) is 0 Å². The fraction of sp³-hybridized carbons (Fsp3) is 0.458. The first-order chi connectivity index (χ1) is 15.6. The number of alkyl halides is 3. The molecule has 1 aliphatic heterocycles. The highest BCUT2D eigenvalue weighted by Gasteiger charge is 2.44. The Labute approximate surface area is 190 Å². The van der Waals surface area contributed by atoms with E-state index >= 15 is 0 Å². The third kappa shape index (κ3) is 4.38. The van der Waals surface area contributed by atoms with E-state index in [9.17, 15) is 27.5 Å². The molecule has 5 nitrogen and oxygen atoms in total. The summed E-state index contributed by atoms with van der Waals surface area (Å²) in [6.07, 6.45) is -1.82. The van der Waals surface area contributed by atoms with E-state index in [1.807, 2.05) is 24.2 Å². The number of benzene rings is 1. The standard InChI is InChI=1S/C24H27F4N3O2/c1-3-10-30(13-21(32)24(26,27)28)23(33)18-9-4-15-11-20-19(14(2)22(15)18)12-29-31(20)17-7-5-16(25)6-8-17/h5-8,11-12,14,18,21,29,32H,3-4,9-10,13H2,1-2H3/t14-,18-,21+/m0/s1. The van der Waals surface area contributed by atoms with E-state index in [4.69, 9.17) is 0 Å². The number of carbonyl (C=O) groups is 1. The molecule has 0 radical (unpaired) electrons. The van der Waals surface area contributed by atoms with Gasteiger partial charge < -0.3 is 15.4 Å². The van der Waals surface area contributed by atoms with Crippen molar-refractivity contribution in [2.45, 2.75) is 45.4 Å². The molecular weight excluding hydrogens is 438 g/mol. The third-order valence-corrected chi connectivity index (χ3v) is 6.54. The van der Waals surface area contributed by atoms with Crippen LogP contribution in [0.4, 0.5) is 23.2 Å². The number of hydrazine groups is 1. The molecule has 1 aromatic rings. The molecule has 0 bridgehead atoms. The Morgan fingerprint density at radius 2 is 2.00 bits per heavy atom. The third-order valence-electron chi connectivity index (χ3n) is 6.54. The Balaban J connectivity index is 1.60. The molecule has 33 heavy (non-hydrogen) atoms. The number of hydrogen-bond donors (Lipinski definition) is 2. The molecule has 3 aliphatic rings. The maximum absolute atomic E-state index is 13.3. The van der Waals surface area contributed by atoms with Crippen LogP contribution in [0.15, 0.2) is 59.0 Å². The van der Waals surface area contributed by atoms with Crippen molar-refractivity contribution in [3.05, 3.63) is 64.8 Å². The first kappa shape index (κ1) is 23.4. The number of aliphatic hydroxyl groups excluding tert-OH is 1. The monoisotopic (exact) mass is 465 g/mol. The van der Waals surface area contributed by atoms with Crippen molar-refractivity contribution in [2.24, 2.45) is 11.8 Å². The zero-order valence-corrected chi connectivity index (χ0v) is 18.5. The fourth-order valence-corrected chi connectivity index (χ4v) is 4.95. The van der Waals surface area contributed by atoms with Crippen molar-refractivity contribution >= 4 is 11.6 Å². The van der Waals surface area contributed by atoms with Gasteiger partial charge in [-0.3, -0.25) is 9.80 Å². The molecule has 0 saturated heterocycles. The predicted molar refractivity (Wildman–Crippen MR) is 116 cm³/mol. The van der Waals surface area contributed by atoms with Gasteiger partial charge >= 0.3 is 6.18 Å². The quantitative estimate of drug-likeness (QED) is 0.611. The van der Waals surface area contributed by atoms with Gasteiger partial charge in [0.05, 0.1) is 23.8 Å². The summed E-state index contributed by atoms with van der Waals surface area (Å²) < 4.78 is 52.1. The molecule has 2 N–H and O–H groups in total. The van der Waals surface area contributed by atoms with Gasteiger partial charge in [0.15, 0.2) is 6.10 Å². The zero-order chi connectivity index (χ0) is 23.9. The van der Waals surface area contributed by atoms with E-state index < -0.39 is 24.7 Å². The minimum absolute atomic E-state index is 0.106. The molecule has 2 aliphatic carbocycles. The molecule has 0 saturated carbocycles. The van der Waals surface area contributed by atoms with Gasteiger partial charge in [0, 0.05) is 24.2 Å². The number of anilines is 1. The average molecular weight is 465 g/mol. The maximum atomic E-state index is 13.3. The first-order valence-corrected chi connectivity index (χ1v) is 11.1. The van der Waals surface area contributed by atoms with E-state index in [1.165, 1.54) is 12.1 Å². The molecule has 3 atom stereocenters. The number of nitrogens with zero attached hydrogens (tertiary/aromatic N) is 2. The number of hydrogen-bond acceptors (Lipinski definition) is 4. The number of allylic oxidation sites excluding steroid dienone is 3. The van der Waals surface area contributed by atoms with Gasteiger partial charge in [0.1, 0.15) is 5.82 Å². The fourth-order valence-electron chi connectivity index (χ4n) is 4.95. The second-order valence-corrected chi connectivity index (χ2v) is 8.71. The number of fused-ring (bicyclic) bond motifs is 1. The van der Waals surface area contributed by atoms with Crippen LogP contribution in [-0.2, 0) is 4.79 Å². The van der Waals surface area contributed by atoms with Crippen molar-refractivity contribution in [1.29, 1.82) is 0 Å². The van der Waals surface area contributed by atoms with Gasteiger partial charge in [-0.25, -0.2) is 4.39 Å². The van der Waals surface area contributed by atoms with Crippen LogP contribution >= 0.6 is 0 Å². The lowest BCUT2D eigenvalue weighted by Gasteiger charge is -2.32. The summed E-state index contributed by atoms with van der Waals surface area (Å²) in [7, 11) is 0. The number of amides is 1. The molecule has 0 unspecified atom stereocenters. The zero-order valence-electron chi connectivity index (χ0n) is 18.5. The van der Waals surface area contributed by atoms with Crippen molar-refractivity contribution in [2.75, 3.05) is 18.1 Å². The summed E-state index contributed by atoms with van der Waals surface area (Å²) in [4.78, 5) is 14.5. The minimum atomic E-state index is -4.77. The molecule has 1 aromatic carbocycles. The Morgan fingerprint density at radius 3 is 2.64 bits per heavy atom. The molecule has 0 spiro atoms. The van der Waals surface area contributed by atoms with Crippen LogP contribution in [0, 0.1) is 17.7 Å². The van der Waals surface area contributed by atoms with Crippen LogP contribution in [0.25, 0.3) is 0 Å². The molecule has 0 aromatic heterocycles. The maximum Gasteiger partial charge on any atom is 0.416 e. The SMILES string of the molecule is CCCN(C[C@@H](O)C(F)(F)F)C(=O)[C@H]1CCC2=C1[C@@H](C)C1=CNN(c3ccc(F)cc3)C1=C2. The molecule has 0 fully saturated rings. The number of aliphatic hydroxyl groups is 1. The largest absolute Gasteiger partial charge is 0.416 e. The van der Waals surface area contributed by atoms with Gasteiger partial charge in [0.25, 0.3) is 0 Å². The lowest BCUT2D eigenvalue weighted by atomic mass is 9.80.